The summed E-state index contributed by atoms with van der Waals surface area (Å²) in [5.41, 5.74) is 0.988. The van der Waals surface area contributed by atoms with E-state index in [-0.39, 0.29) is 17.1 Å². The summed E-state index contributed by atoms with van der Waals surface area (Å²) in [6.07, 6.45) is 1.65. The summed E-state index contributed by atoms with van der Waals surface area (Å²) in [7, 11) is 0. The molecule has 4 nitrogen and oxygen atoms in total. The minimum absolute atomic E-state index is 0.169. The Labute approximate surface area is 135 Å². The molecule has 0 fully saturated rings. The number of phenolic OH excluding ortho intramolecular Hbond substituents is 1. The maximum Gasteiger partial charge on any atom is 0.259 e. The molecule has 0 aliphatic rings. The molecule has 2 N–H and O–H groups in total. The fourth-order valence-corrected chi connectivity index (χ4v) is 2.40. The predicted molar refractivity (Wildman–Crippen MR) is 89.2 cm³/mol. The van der Waals surface area contributed by atoms with E-state index in [1.54, 1.807) is 48.5 Å². The largest absolute Gasteiger partial charge is 0.508 e. The lowest BCUT2D eigenvalue weighted by atomic mass is 10.2. The molecule has 3 aromatic rings. The maximum absolute atomic E-state index is 12.1. The molecular formula is C16H10Cl2N2O2. The minimum Gasteiger partial charge on any atom is -0.508 e. The van der Waals surface area contributed by atoms with Crippen LogP contribution in [-0.2, 0) is 0 Å². The Hall–Kier alpha value is -2.30. The van der Waals surface area contributed by atoms with Crippen molar-refractivity contribution in [3.63, 3.8) is 0 Å². The van der Waals surface area contributed by atoms with Crippen LogP contribution in [0.5, 0.6) is 5.75 Å². The van der Waals surface area contributed by atoms with E-state index < -0.39 is 0 Å². The molecule has 0 bridgehead atoms. The van der Waals surface area contributed by atoms with Gasteiger partial charge in [-0.15, -0.1) is 0 Å². The highest BCUT2D eigenvalue weighted by Crippen LogP contribution is 2.22. The van der Waals surface area contributed by atoms with Crippen LogP contribution in [0.2, 0.25) is 5.02 Å². The average molecular weight is 333 g/mol. The van der Waals surface area contributed by atoms with E-state index in [0.717, 1.165) is 5.56 Å². The lowest BCUT2D eigenvalue weighted by Crippen LogP contribution is -2.10. The first kappa shape index (κ1) is 14.6. The molecule has 1 heterocycles. The van der Waals surface area contributed by atoms with Crippen LogP contribution in [-0.4, -0.2) is 15.1 Å². The number of hydrogen-bond acceptors (Lipinski definition) is 3. The zero-order valence-corrected chi connectivity index (χ0v) is 12.7. The Bertz CT molecular complexity index is 931. The summed E-state index contributed by atoms with van der Waals surface area (Å²) in [6.45, 7) is 0. The van der Waals surface area contributed by atoms with Crippen molar-refractivity contribution in [3.8, 4) is 5.75 Å². The van der Waals surface area contributed by atoms with Gasteiger partial charge in [0.15, 0.2) is 5.82 Å². The third kappa shape index (κ3) is 2.98. The van der Waals surface area contributed by atoms with Crippen molar-refractivity contribution in [1.82, 2.24) is 9.97 Å². The third-order valence-electron chi connectivity index (χ3n) is 3.08. The minimum atomic E-state index is -0.306. The highest BCUT2D eigenvalue weighted by atomic mass is 35.5. The van der Waals surface area contributed by atoms with E-state index in [2.05, 4.69) is 9.97 Å². The predicted octanol–water partition coefficient (Wildman–Crippen LogP) is 4.02. The molecule has 0 spiro atoms. The summed E-state index contributed by atoms with van der Waals surface area (Å²) in [4.78, 5) is 19.0. The standard InChI is InChI=1S/C16H10Cl2N2O2/c17-10-3-6-14-12(8-10)16(22)20-15(19-14)13(18)7-9-1-4-11(21)5-2-9/h1-8,21H,(H,19,20,22)/b13-7-. The highest BCUT2D eigenvalue weighted by Gasteiger charge is 2.07. The number of aromatic amines is 1. The Morgan fingerprint density at radius 1 is 1.18 bits per heavy atom. The molecule has 0 aliphatic carbocycles. The number of rotatable bonds is 2. The third-order valence-corrected chi connectivity index (χ3v) is 3.60. The molecule has 0 atom stereocenters. The van der Waals surface area contributed by atoms with Crippen molar-refractivity contribution in [1.29, 1.82) is 0 Å². The molecule has 0 amide bonds. The van der Waals surface area contributed by atoms with Gasteiger partial charge in [0, 0.05) is 5.02 Å². The van der Waals surface area contributed by atoms with Gasteiger partial charge in [-0.1, -0.05) is 35.3 Å². The Morgan fingerprint density at radius 2 is 1.91 bits per heavy atom. The molecule has 22 heavy (non-hydrogen) atoms. The van der Waals surface area contributed by atoms with Crippen LogP contribution in [0.25, 0.3) is 22.0 Å². The molecule has 0 radical (unpaired) electrons. The topological polar surface area (TPSA) is 66.0 Å². The number of halogens is 2. The van der Waals surface area contributed by atoms with Crippen LogP contribution in [0.4, 0.5) is 0 Å². The molecule has 0 unspecified atom stereocenters. The number of aromatic hydroxyl groups is 1. The second kappa shape index (κ2) is 5.83. The van der Waals surface area contributed by atoms with Crippen molar-refractivity contribution in [2.24, 2.45) is 0 Å². The van der Waals surface area contributed by atoms with Gasteiger partial charge < -0.3 is 10.1 Å². The van der Waals surface area contributed by atoms with Crippen molar-refractivity contribution in [2.75, 3.05) is 0 Å². The normalized spacial score (nSPS) is 11.8. The Balaban J connectivity index is 2.07. The van der Waals surface area contributed by atoms with Crippen molar-refractivity contribution in [3.05, 3.63) is 69.2 Å². The molecule has 0 aliphatic heterocycles. The number of benzene rings is 2. The summed E-state index contributed by atoms with van der Waals surface area (Å²) in [5, 5.41) is 10.4. The van der Waals surface area contributed by atoms with E-state index in [1.165, 1.54) is 0 Å². The lowest BCUT2D eigenvalue weighted by molar-refractivity contribution is 0.475. The maximum atomic E-state index is 12.1. The van der Waals surface area contributed by atoms with E-state index in [9.17, 15) is 9.90 Å². The summed E-state index contributed by atoms with van der Waals surface area (Å²) in [5.74, 6) is 0.442. The molecule has 110 valence electrons. The van der Waals surface area contributed by atoms with Gasteiger partial charge in [0.1, 0.15) is 5.75 Å². The van der Waals surface area contributed by atoms with Crippen molar-refractivity contribution < 1.29 is 5.11 Å². The van der Waals surface area contributed by atoms with Gasteiger partial charge >= 0.3 is 0 Å². The second-order valence-corrected chi connectivity index (χ2v) is 5.50. The van der Waals surface area contributed by atoms with E-state index in [4.69, 9.17) is 23.2 Å². The van der Waals surface area contributed by atoms with Gasteiger partial charge in [-0.25, -0.2) is 4.98 Å². The van der Waals surface area contributed by atoms with Crippen LogP contribution >= 0.6 is 23.2 Å². The summed E-state index contributed by atoms with van der Waals surface area (Å²) < 4.78 is 0. The number of nitrogens with one attached hydrogen (secondary N) is 1. The number of fused-ring (bicyclic) bond motifs is 1. The van der Waals surface area contributed by atoms with E-state index >= 15 is 0 Å². The van der Waals surface area contributed by atoms with Crippen molar-refractivity contribution >= 4 is 45.2 Å². The zero-order chi connectivity index (χ0) is 15.7. The highest BCUT2D eigenvalue weighted by molar-refractivity contribution is 6.50. The fraction of sp³-hybridized carbons (Fsp3) is 0. The number of H-pyrrole nitrogens is 1. The lowest BCUT2D eigenvalue weighted by Gasteiger charge is -2.03. The van der Waals surface area contributed by atoms with Crippen molar-refractivity contribution in [2.45, 2.75) is 0 Å². The second-order valence-electron chi connectivity index (χ2n) is 4.66. The van der Waals surface area contributed by atoms with Crippen LogP contribution in [0, 0.1) is 0 Å². The monoisotopic (exact) mass is 332 g/mol. The Morgan fingerprint density at radius 3 is 2.64 bits per heavy atom. The quantitative estimate of drug-likeness (QED) is 0.744. The molecule has 2 aromatic carbocycles. The fourth-order valence-electron chi connectivity index (χ4n) is 2.01. The number of hydrogen-bond donors (Lipinski definition) is 2. The van der Waals surface area contributed by atoms with Gasteiger partial charge in [0.05, 0.1) is 15.9 Å². The summed E-state index contributed by atoms with van der Waals surface area (Å²) >= 11 is 12.1. The van der Waals surface area contributed by atoms with Gasteiger partial charge in [0.25, 0.3) is 5.56 Å². The van der Waals surface area contributed by atoms with Gasteiger partial charge in [-0.05, 0) is 42.0 Å². The number of nitrogens with zero attached hydrogens (tertiary/aromatic N) is 1. The van der Waals surface area contributed by atoms with Crippen LogP contribution in [0.3, 0.4) is 0 Å². The van der Waals surface area contributed by atoms with E-state index in [1.807, 2.05) is 0 Å². The number of aromatic nitrogens is 2. The molecule has 1 aromatic heterocycles. The average Bonchev–Trinajstić information content (AvgIpc) is 2.50. The first-order valence-electron chi connectivity index (χ1n) is 6.39. The van der Waals surface area contributed by atoms with E-state index in [0.29, 0.717) is 21.0 Å². The first-order chi connectivity index (χ1) is 10.5. The van der Waals surface area contributed by atoms with Crippen LogP contribution in [0.15, 0.2) is 47.3 Å². The van der Waals surface area contributed by atoms with Crippen LogP contribution in [0.1, 0.15) is 11.4 Å². The molecule has 3 rings (SSSR count). The van der Waals surface area contributed by atoms with Gasteiger partial charge in [-0.3, -0.25) is 4.79 Å². The van der Waals surface area contributed by atoms with Gasteiger partial charge in [0.2, 0.25) is 0 Å². The number of phenols is 1. The first-order valence-corrected chi connectivity index (χ1v) is 7.15. The Kier molecular flexibility index (Phi) is 3.88. The zero-order valence-electron chi connectivity index (χ0n) is 11.2. The van der Waals surface area contributed by atoms with Crippen LogP contribution < -0.4 is 5.56 Å². The van der Waals surface area contributed by atoms with Gasteiger partial charge in [-0.2, -0.15) is 0 Å². The molecule has 0 saturated carbocycles. The summed E-state index contributed by atoms with van der Waals surface area (Å²) in [6, 6.07) is 11.4. The SMILES string of the molecule is O=c1[nH]c(/C(Cl)=C/c2ccc(O)cc2)nc2ccc(Cl)cc12. The molecular weight excluding hydrogens is 323 g/mol. The molecule has 6 heteroatoms. The smallest absolute Gasteiger partial charge is 0.259 e. The molecule has 0 saturated heterocycles.